The van der Waals surface area contributed by atoms with Gasteiger partial charge in [0.1, 0.15) is 11.6 Å². The Morgan fingerprint density at radius 1 is 1.12 bits per heavy atom. The van der Waals surface area contributed by atoms with Gasteiger partial charge in [0.2, 0.25) is 0 Å². The number of benzene rings is 2. The Balaban J connectivity index is 1.98. The third-order valence-electron chi connectivity index (χ3n) is 3.22. The first kappa shape index (κ1) is 17.2. The van der Waals surface area contributed by atoms with Crippen LogP contribution in [0.4, 0.5) is 4.39 Å². The van der Waals surface area contributed by atoms with Gasteiger partial charge in [-0.2, -0.15) is 0 Å². The third kappa shape index (κ3) is 4.42. The SMILES string of the molecule is COc1ccc(C)cc1/C=C/C(=O)NNC(=O)c1ccccc1F. The zero-order valence-corrected chi connectivity index (χ0v) is 13.3. The molecular formula is C18H17FN2O3. The largest absolute Gasteiger partial charge is 0.496 e. The molecule has 0 atom stereocenters. The molecule has 24 heavy (non-hydrogen) atoms. The fraction of sp³-hybridized carbons (Fsp3) is 0.111. The summed E-state index contributed by atoms with van der Waals surface area (Å²) in [5.41, 5.74) is 5.95. The van der Waals surface area contributed by atoms with Crippen LogP contribution in [0.25, 0.3) is 6.08 Å². The zero-order chi connectivity index (χ0) is 17.5. The van der Waals surface area contributed by atoms with E-state index in [1.54, 1.807) is 12.1 Å². The molecule has 0 aliphatic carbocycles. The molecule has 0 saturated heterocycles. The van der Waals surface area contributed by atoms with Gasteiger partial charge in [0.25, 0.3) is 11.8 Å². The first-order valence-corrected chi connectivity index (χ1v) is 7.19. The second-order valence-corrected chi connectivity index (χ2v) is 5.00. The van der Waals surface area contributed by atoms with E-state index < -0.39 is 17.6 Å². The molecule has 0 aromatic heterocycles. The predicted octanol–water partition coefficient (Wildman–Crippen LogP) is 2.62. The van der Waals surface area contributed by atoms with E-state index in [4.69, 9.17) is 4.74 Å². The maximum atomic E-state index is 13.5. The summed E-state index contributed by atoms with van der Waals surface area (Å²) in [5, 5.41) is 0. The van der Waals surface area contributed by atoms with Crippen LogP contribution < -0.4 is 15.6 Å². The standard InChI is InChI=1S/C18H17FN2O3/c1-12-7-9-16(24-2)13(11-12)8-10-17(22)20-21-18(23)14-5-3-4-6-15(14)19/h3-11H,1-2H3,(H,20,22)(H,21,23)/b10-8+. The average molecular weight is 328 g/mol. The average Bonchev–Trinajstić information content (AvgIpc) is 2.58. The molecule has 0 fully saturated rings. The van der Waals surface area contributed by atoms with Crippen LogP contribution in [0.2, 0.25) is 0 Å². The van der Waals surface area contributed by atoms with Gasteiger partial charge in [-0.3, -0.25) is 20.4 Å². The summed E-state index contributed by atoms with van der Waals surface area (Å²) in [7, 11) is 1.54. The smallest absolute Gasteiger partial charge is 0.272 e. The van der Waals surface area contributed by atoms with E-state index >= 15 is 0 Å². The normalized spacial score (nSPS) is 10.5. The van der Waals surface area contributed by atoms with Gasteiger partial charge in [-0.15, -0.1) is 0 Å². The lowest BCUT2D eigenvalue weighted by molar-refractivity contribution is -0.117. The number of carbonyl (C=O) groups excluding carboxylic acids is 2. The Bertz CT molecular complexity index is 788. The van der Waals surface area contributed by atoms with Gasteiger partial charge in [0.15, 0.2) is 0 Å². The van der Waals surface area contributed by atoms with Crippen molar-refractivity contribution in [1.82, 2.24) is 10.9 Å². The molecule has 0 aliphatic heterocycles. The topological polar surface area (TPSA) is 67.4 Å². The Morgan fingerprint density at radius 3 is 2.58 bits per heavy atom. The van der Waals surface area contributed by atoms with E-state index in [-0.39, 0.29) is 5.56 Å². The molecule has 2 N–H and O–H groups in total. The highest BCUT2D eigenvalue weighted by Crippen LogP contribution is 2.20. The lowest BCUT2D eigenvalue weighted by Crippen LogP contribution is -2.41. The number of halogens is 1. The van der Waals surface area contributed by atoms with E-state index in [9.17, 15) is 14.0 Å². The van der Waals surface area contributed by atoms with Gasteiger partial charge in [0.05, 0.1) is 12.7 Å². The van der Waals surface area contributed by atoms with Crippen LogP contribution in [0.3, 0.4) is 0 Å². The van der Waals surface area contributed by atoms with Crippen LogP contribution in [0.15, 0.2) is 48.5 Å². The highest BCUT2D eigenvalue weighted by molar-refractivity contribution is 5.98. The first-order chi connectivity index (χ1) is 11.5. The molecular weight excluding hydrogens is 311 g/mol. The second kappa shape index (κ2) is 7.92. The van der Waals surface area contributed by atoms with Crippen LogP contribution in [-0.4, -0.2) is 18.9 Å². The lowest BCUT2D eigenvalue weighted by Gasteiger charge is -2.07. The quantitative estimate of drug-likeness (QED) is 0.670. The summed E-state index contributed by atoms with van der Waals surface area (Å²) in [5.74, 6) is -1.32. The molecule has 6 heteroatoms. The fourth-order valence-electron chi connectivity index (χ4n) is 2.02. The predicted molar refractivity (Wildman–Crippen MR) is 88.8 cm³/mol. The fourth-order valence-corrected chi connectivity index (χ4v) is 2.02. The number of hydrogen-bond donors (Lipinski definition) is 2. The lowest BCUT2D eigenvalue weighted by atomic mass is 10.1. The Labute approximate surface area is 139 Å². The van der Waals surface area contributed by atoms with Crippen molar-refractivity contribution in [2.45, 2.75) is 6.92 Å². The minimum atomic E-state index is -0.733. The molecule has 2 amide bonds. The van der Waals surface area contributed by atoms with Crippen molar-refractivity contribution in [3.05, 3.63) is 71.0 Å². The van der Waals surface area contributed by atoms with Crippen molar-refractivity contribution in [3.63, 3.8) is 0 Å². The molecule has 0 bridgehead atoms. The van der Waals surface area contributed by atoms with Crippen LogP contribution >= 0.6 is 0 Å². The maximum Gasteiger partial charge on any atom is 0.272 e. The van der Waals surface area contributed by atoms with Crippen molar-refractivity contribution in [2.75, 3.05) is 7.11 Å². The van der Waals surface area contributed by atoms with Gasteiger partial charge in [0, 0.05) is 11.6 Å². The number of hydrazine groups is 1. The van der Waals surface area contributed by atoms with Crippen LogP contribution in [0, 0.1) is 12.7 Å². The second-order valence-electron chi connectivity index (χ2n) is 5.00. The van der Waals surface area contributed by atoms with E-state index in [0.717, 1.165) is 11.1 Å². The van der Waals surface area contributed by atoms with Crippen molar-refractivity contribution < 1.29 is 18.7 Å². The van der Waals surface area contributed by atoms with Gasteiger partial charge in [-0.25, -0.2) is 4.39 Å². The number of amides is 2. The molecule has 0 heterocycles. The Morgan fingerprint density at radius 2 is 1.88 bits per heavy atom. The molecule has 0 aliphatic rings. The van der Waals surface area contributed by atoms with E-state index in [0.29, 0.717) is 5.75 Å². The monoisotopic (exact) mass is 328 g/mol. The summed E-state index contributed by atoms with van der Waals surface area (Å²) >= 11 is 0. The summed E-state index contributed by atoms with van der Waals surface area (Å²) < 4.78 is 18.7. The molecule has 2 rings (SSSR count). The summed E-state index contributed by atoms with van der Waals surface area (Å²) in [6.07, 6.45) is 2.81. The van der Waals surface area contributed by atoms with Crippen LogP contribution in [-0.2, 0) is 4.79 Å². The highest BCUT2D eigenvalue weighted by atomic mass is 19.1. The molecule has 5 nitrogen and oxygen atoms in total. The summed E-state index contributed by atoms with van der Waals surface area (Å²) in [6.45, 7) is 1.92. The number of aryl methyl sites for hydroxylation is 1. The van der Waals surface area contributed by atoms with Gasteiger partial charge >= 0.3 is 0 Å². The molecule has 0 saturated carbocycles. The van der Waals surface area contributed by atoms with Crippen molar-refractivity contribution in [2.24, 2.45) is 0 Å². The van der Waals surface area contributed by atoms with E-state index in [2.05, 4.69) is 10.9 Å². The van der Waals surface area contributed by atoms with E-state index in [1.807, 2.05) is 19.1 Å². The number of methoxy groups -OCH3 is 1. The summed E-state index contributed by atoms with van der Waals surface area (Å²) in [4.78, 5) is 23.6. The minimum absolute atomic E-state index is 0.151. The van der Waals surface area contributed by atoms with Crippen molar-refractivity contribution in [3.8, 4) is 5.75 Å². The van der Waals surface area contributed by atoms with Crippen molar-refractivity contribution in [1.29, 1.82) is 0 Å². The van der Waals surface area contributed by atoms with E-state index in [1.165, 1.54) is 37.5 Å². The van der Waals surface area contributed by atoms with Crippen LogP contribution in [0.5, 0.6) is 5.75 Å². The zero-order valence-electron chi connectivity index (χ0n) is 13.3. The Hall–Kier alpha value is -3.15. The molecule has 2 aromatic carbocycles. The van der Waals surface area contributed by atoms with Gasteiger partial charge in [-0.1, -0.05) is 23.8 Å². The number of rotatable bonds is 4. The number of hydrogen-bond acceptors (Lipinski definition) is 3. The van der Waals surface area contributed by atoms with Crippen LogP contribution in [0.1, 0.15) is 21.5 Å². The van der Waals surface area contributed by atoms with Gasteiger partial charge in [-0.05, 0) is 37.3 Å². The third-order valence-corrected chi connectivity index (χ3v) is 3.22. The van der Waals surface area contributed by atoms with Gasteiger partial charge < -0.3 is 4.74 Å². The van der Waals surface area contributed by atoms with Crippen molar-refractivity contribution >= 4 is 17.9 Å². The molecule has 124 valence electrons. The minimum Gasteiger partial charge on any atom is -0.496 e. The first-order valence-electron chi connectivity index (χ1n) is 7.19. The molecule has 2 aromatic rings. The molecule has 0 radical (unpaired) electrons. The molecule has 0 spiro atoms. The summed E-state index contributed by atoms with van der Waals surface area (Å²) in [6, 6.07) is 11.1. The number of nitrogens with one attached hydrogen (secondary N) is 2. The Kier molecular flexibility index (Phi) is 5.68. The number of ether oxygens (including phenoxy) is 1. The number of carbonyl (C=O) groups is 2. The highest BCUT2D eigenvalue weighted by Gasteiger charge is 2.10. The maximum absolute atomic E-state index is 13.5. The molecule has 0 unspecified atom stereocenters.